The Morgan fingerprint density at radius 1 is 1.07 bits per heavy atom. The van der Waals surface area contributed by atoms with Crippen molar-refractivity contribution in [1.82, 2.24) is 9.97 Å². The average Bonchev–Trinajstić information content (AvgIpc) is 2.72. The zero-order valence-electron chi connectivity index (χ0n) is 16.1. The van der Waals surface area contributed by atoms with E-state index >= 15 is 0 Å². The minimum absolute atomic E-state index is 0.0972. The number of hydrogen-bond donors (Lipinski definition) is 0. The molecule has 1 aromatic carbocycles. The second-order valence-corrected chi connectivity index (χ2v) is 6.36. The van der Waals surface area contributed by atoms with E-state index in [2.05, 4.69) is 9.97 Å². The van der Waals surface area contributed by atoms with Gasteiger partial charge in [-0.05, 0) is 48.7 Å². The van der Waals surface area contributed by atoms with Gasteiger partial charge in [-0.3, -0.25) is 14.8 Å². The summed E-state index contributed by atoms with van der Waals surface area (Å²) in [4.78, 5) is 20.7. The molecule has 0 saturated carbocycles. The summed E-state index contributed by atoms with van der Waals surface area (Å²) < 4.78 is 18.8. The van der Waals surface area contributed by atoms with Gasteiger partial charge in [0.1, 0.15) is 11.6 Å². The fraction of sp³-hybridized carbons (Fsp3) is 0.174. The van der Waals surface area contributed by atoms with Gasteiger partial charge in [-0.2, -0.15) is 0 Å². The van der Waals surface area contributed by atoms with Crippen molar-refractivity contribution in [2.24, 2.45) is 0 Å². The number of halogens is 1. The molecule has 0 unspecified atom stereocenters. The van der Waals surface area contributed by atoms with Gasteiger partial charge >= 0.3 is 0 Å². The van der Waals surface area contributed by atoms with Crippen molar-refractivity contribution in [2.75, 3.05) is 7.11 Å². The topological polar surface area (TPSA) is 52.1 Å². The van der Waals surface area contributed by atoms with Crippen LogP contribution in [0, 0.1) is 12.7 Å². The molecule has 0 aliphatic heterocycles. The molecule has 2 aromatic heterocycles. The first-order valence-electron chi connectivity index (χ1n) is 8.92. The summed E-state index contributed by atoms with van der Waals surface area (Å²) >= 11 is 0. The van der Waals surface area contributed by atoms with Crippen LogP contribution < -0.4 is 4.74 Å². The first kappa shape index (κ1) is 19.4. The molecule has 0 atom stereocenters. The summed E-state index contributed by atoms with van der Waals surface area (Å²) in [5, 5.41) is 0. The van der Waals surface area contributed by atoms with E-state index in [4.69, 9.17) is 4.74 Å². The van der Waals surface area contributed by atoms with Crippen LogP contribution in [-0.2, 0) is 6.42 Å². The molecular weight excluding hydrogens is 355 g/mol. The number of nitrogens with zero attached hydrogens (tertiary/aromatic N) is 2. The van der Waals surface area contributed by atoms with E-state index in [-0.39, 0.29) is 12.2 Å². The van der Waals surface area contributed by atoms with Gasteiger partial charge < -0.3 is 4.74 Å². The lowest BCUT2D eigenvalue weighted by atomic mass is 9.98. The summed E-state index contributed by atoms with van der Waals surface area (Å²) in [6, 6.07) is 11.6. The number of pyridine rings is 2. The molecule has 3 aromatic rings. The number of allylic oxidation sites excluding steroid dienone is 1. The van der Waals surface area contributed by atoms with Crippen molar-refractivity contribution in [3.8, 4) is 5.75 Å². The number of benzene rings is 1. The van der Waals surface area contributed by atoms with Crippen LogP contribution in [0.15, 0.2) is 61.1 Å². The summed E-state index contributed by atoms with van der Waals surface area (Å²) in [5.74, 6) is 0.117. The van der Waals surface area contributed by atoms with E-state index < -0.39 is 5.82 Å². The summed E-state index contributed by atoms with van der Waals surface area (Å²) in [6.07, 6.45) is 6.37. The van der Waals surface area contributed by atoms with Crippen molar-refractivity contribution >= 4 is 11.4 Å². The van der Waals surface area contributed by atoms with Gasteiger partial charge in [-0.1, -0.05) is 24.3 Å². The highest BCUT2D eigenvalue weighted by atomic mass is 19.1. The lowest BCUT2D eigenvalue weighted by Gasteiger charge is -2.10. The minimum Gasteiger partial charge on any atom is -0.497 e. The zero-order valence-corrected chi connectivity index (χ0v) is 16.1. The van der Waals surface area contributed by atoms with Gasteiger partial charge in [0.2, 0.25) is 0 Å². The number of ketones is 1. The Hall–Kier alpha value is -3.34. The third kappa shape index (κ3) is 4.14. The van der Waals surface area contributed by atoms with Crippen LogP contribution in [-0.4, -0.2) is 22.9 Å². The summed E-state index contributed by atoms with van der Waals surface area (Å²) in [5.41, 5.74) is 4.27. The Labute approximate surface area is 163 Å². The minimum atomic E-state index is -0.480. The van der Waals surface area contributed by atoms with E-state index in [1.54, 1.807) is 20.2 Å². The predicted octanol–water partition coefficient (Wildman–Crippen LogP) is 4.81. The molecule has 0 radical (unpaired) electrons. The summed E-state index contributed by atoms with van der Waals surface area (Å²) in [7, 11) is 1.64. The first-order valence-corrected chi connectivity index (χ1v) is 8.92. The number of carbonyl (C=O) groups excluding carboxylic acids is 1. The number of carbonyl (C=O) groups is 1. The molecule has 3 rings (SSSR count). The molecule has 0 aliphatic carbocycles. The Kier molecular flexibility index (Phi) is 5.94. The number of hydrogen-bond acceptors (Lipinski definition) is 4. The van der Waals surface area contributed by atoms with E-state index in [0.29, 0.717) is 16.8 Å². The molecule has 5 heteroatoms. The average molecular weight is 376 g/mol. The van der Waals surface area contributed by atoms with Crippen LogP contribution in [0.4, 0.5) is 4.39 Å². The van der Waals surface area contributed by atoms with Crippen molar-refractivity contribution < 1.29 is 13.9 Å². The SMILES string of the molecule is C/C=C(/c1ccc(OC)cc1)c1ccc(CC(=O)c2cncc(F)c2C)nc1. The highest BCUT2D eigenvalue weighted by molar-refractivity contribution is 5.98. The first-order chi connectivity index (χ1) is 13.5. The number of Topliss-reactive ketones (excluding diaryl/α,β-unsaturated/α-hetero) is 1. The second kappa shape index (κ2) is 8.57. The number of methoxy groups -OCH3 is 1. The quantitative estimate of drug-likeness (QED) is 0.580. The number of ether oxygens (including phenoxy) is 1. The molecule has 28 heavy (non-hydrogen) atoms. The van der Waals surface area contributed by atoms with Crippen molar-refractivity contribution in [2.45, 2.75) is 20.3 Å². The van der Waals surface area contributed by atoms with E-state index in [9.17, 15) is 9.18 Å². The highest BCUT2D eigenvalue weighted by Crippen LogP contribution is 2.25. The van der Waals surface area contributed by atoms with Crippen LogP contribution in [0.3, 0.4) is 0 Å². The molecule has 2 heterocycles. The van der Waals surface area contributed by atoms with Gasteiger partial charge in [0.15, 0.2) is 5.78 Å². The molecule has 142 valence electrons. The van der Waals surface area contributed by atoms with Gasteiger partial charge in [0.25, 0.3) is 0 Å². The standard InChI is InChI=1S/C23H21FN2O2/c1-4-20(16-6-9-19(28-3)10-7-16)17-5-8-18(26-12-17)11-23(27)21-13-25-14-22(24)15(21)2/h4-10,12-14H,11H2,1-3H3/b20-4-. The Balaban J connectivity index is 1.78. The molecule has 0 amide bonds. The van der Waals surface area contributed by atoms with Crippen LogP contribution >= 0.6 is 0 Å². The molecule has 4 nitrogen and oxygen atoms in total. The van der Waals surface area contributed by atoms with E-state index in [1.165, 1.54) is 6.20 Å². The van der Waals surface area contributed by atoms with Crippen LogP contribution in [0.25, 0.3) is 5.57 Å². The molecule has 0 N–H and O–H groups in total. The van der Waals surface area contributed by atoms with E-state index in [1.807, 2.05) is 49.4 Å². The van der Waals surface area contributed by atoms with Crippen LogP contribution in [0.1, 0.15) is 39.7 Å². The Morgan fingerprint density at radius 2 is 1.79 bits per heavy atom. The normalized spacial score (nSPS) is 11.4. The predicted molar refractivity (Wildman–Crippen MR) is 107 cm³/mol. The smallest absolute Gasteiger partial charge is 0.170 e. The number of rotatable bonds is 6. The van der Waals surface area contributed by atoms with Crippen molar-refractivity contribution in [1.29, 1.82) is 0 Å². The Morgan fingerprint density at radius 3 is 2.39 bits per heavy atom. The highest BCUT2D eigenvalue weighted by Gasteiger charge is 2.14. The van der Waals surface area contributed by atoms with Gasteiger partial charge in [0.05, 0.1) is 19.7 Å². The van der Waals surface area contributed by atoms with Crippen molar-refractivity contribution in [3.05, 3.63) is 94.8 Å². The fourth-order valence-corrected chi connectivity index (χ4v) is 3.00. The summed E-state index contributed by atoms with van der Waals surface area (Å²) in [6.45, 7) is 3.55. The lowest BCUT2D eigenvalue weighted by molar-refractivity contribution is 0.0990. The fourth-order valence-electron chi connectivity index (χ4n) is 3.00. The molecule has 0 bridgehead atoms. The molecule has 0 saturated heterocycles. The lowest BCUT2D eigenvalue weighted by Crippen LogP contribution is -2.09. The van der Waals surface area contributed by atoms with Crippen LogP contribution in [0.5, 0.6) is 5.75 Å². The monoisotopic (exact) mass is 376 g/mol. The van der Waals surface area contributed by atoms with Crippen LogP contribution in [0.2, 0.25) is 0 Å². The van der Waals surface area contributed by atoms with Gasteiger partial charge in [0, 0.05) is 29.2 Å². The molecular formula is C23H21FN2O2. The third-order valence-electron chi connectivity index (χ3n) is 4.62. The largest absolute Gasteiger partial charge is 0.497 e. The van der Waals surface area contributed by atoms with Crippen molar-refractivity contribution in [3.63, 3.8) is 0 Å². The molecule has 0 fully saturated rings. The third-order valence-corrected chi connectivity index (χ3v) is 4.62. The van der Waals surface area contributed by atoms with E-state index in [0.717, 1.165) is 28.6 Å². The Bertz CT molecular complexity index is 1010. The zero-order chi connectivity index (χ0) is 20.1. The van der Waals surface area contributed by atoms with Gasteiger partial charge in [-0.25, -0.2) is 4.39 Å². The maximum atomic E-state index is 13.6. The van der Waals surface area contributed by atoms with Gasteiger partial charge in [-0.15, -0.1) is 0 Å². The molecule has 0 aliphatic rings. The number of aromatic nitrogens is 2. The second-order valence-electron chi connectivity index (χ2n) is 6.36. The maximum absolute atomic E-state index is 13.6. The maximum Gasteiger partial charge on any atom is 0.170 e. The molecule has 0 spiro atoms.